The Morgan fingerprint density at radius 1 is 1.00 bits per heavy atom. The number of rotatable bonds is 6. The van der Waals surface area contributed by atoms with E-state index >= 15 is 0 Å². The highest BCUT2D eigenvalue weighted by molar-refractivity contribution is 6.36. The minimum absolute atomic E-state index is 0.233. The number of nitrogens with one attached hydrogen (secondary N) is 1. The van der Waals surface area contributed by atoms with Gasteiger partial charge in [0.15, 0.2) is 11.5 Å². The van der Waals surface area contributed by atoms with Crippen molar-refractivity contribution in [3.8, 4) is 11.5 Å². The molecule has 0 bridgehead atoms. The SMILES string of the molecule is CNCc1cc(OC)c(OCc2c(Cl)cccc2Cl)cc1Cl. The highest BCUT2D eigenvalue weighted by Crippen LogP contribution is 2.35. The minimum Gasteiger partial charge on any atom is -0.493 e. The molecule has 0 aliphatic heterocycles. The van der Waals surface area contributed by atoms with E-state index in [1.54, 1.807) is 31.4 Å². The van der Waals surface area contributed by atoms with Gasteiger partial charge in [-0.25, -0.2) is 0 Å². The molecule has 0 unspecified atom stereocenters. The van der Waals surface area contributed by atoms with Gasteiger partial charge in [0.25, 0.3) is 0 Å². The van der Waals surface area contributed by atoms with Crippen LogP contribution in [0.25, 0.3) is 0 Å². The lowest BCUT2D eigenvalue weighted by Crippen LogP contribution is -2.06. The topological polar surface area (TPSA) is 30.5 Å². The second kappa shape index (κ2) is 7.93. The fraction of sp³-hybridized carbons (Fsp3) is 0.250. The Kier molecular flexibility index (Phi) is 6.21. The van der Waals surface area contributed by atoms with Crippen molar-refractivity contribution >= 4 is 34.8 Å². The van der Waals surface area contributed by atoms with Gasteiger partial charge in [0.1, 0.15) is 6.61 Å². The molecule has 0 saturated heterocycles. The summed E-state index contributed by atoms with van der Waals surface area (Å²) in [6.07, 6.45) is 0. The predicted molar refractivity (Wildman–Crippen MR) is 91.6 cm³/mol. The summed E-state index contributed by atoms with van der Waals surface area (Å²) < 4.78 is 11.1. The van der Waals surface area contributed by atoms with Crippen LogP contribution in [0, 0.1) is 0 Å². The number of halogens is 3. The van der Waals surface area contributed by atoms with Crippen LogP contribution in [0.2, 0.25) is 15.1 Å². The summed E-state index contributed by atoms with van der Waals surface area (Å²) in [6.45, 7) is 0.877. The summed E-state index contributed by atoms with van der Waals surface area (Å²) in [5, 5.41) is 4.78. The Balaban J connectivity index is 2.24. The van der Waals surface area contributed by atoms with Crippen LogP contribution in [0.5, 0.6) is 11.5 Å². The zero-order valence-corrected chi connectivity index (χ0v) is 14.5. The molecule has 2 aromatic rings. The van der Waals surface area contributed by atoms with E-state index in [4.69, 9.17) is 44.3 Å². The fourth-order valence-electron chi connectivity index (χ4n) is 2.00. The average Bonchev–Trinajstić information content (AvgIpc) is 2.49. The second-order valence-electron chi connectivity index (χ2n) is 4.61. The summed E-state index contributed by atoms with van der Waals surface area (Å²) in [4.78, 5) is 0. The molecule has 0 amide bonds. The largest absolute Gasteiger partial charge is 0.493 e. The van der Waals surface area contributed by atoms with Crippen LogP contribution in [0.15, 0.2) is 30.3 Å². The van der Waals surface area contributed by atoms with Crippen LogP contribution in [-0.4, -0.2) is 14.2 Å². The summed E-state index contributed by atoms with van der Waals surface area (Å²) in [5.41, 5.74) is 1.66. The standard InChI is InChI=1S/C16H16Cl3NO2/c1-20-8-10-6-15(21-2)16(7-14(10)19)22-9-11-12(17)4-3-5-13(11)18/h3-7,20H,8-9H2,1-2H3. The third kappa shape index (κ3) is 3.99. The lowest BCUT2D eigenvalue weighted by molar-refractivity contribution is 0.284. The third-order valence-corrected chi connectivity index (χ3v) is 4.19. The molecule has 2 aromatic carbocycles. The van der Waals surface area contributed by atoms with Crippen LogP contribution in [-0.2, 0) is 13.2 Å². The van der Waals surface area contributed by atoms with Gasteiger partial charge in [0.05, 0.1) is 7.11 Å². The number of methoxy groups -OCH3 is 1. The molecular formula is C16H16Cl3NO2. The number of hydrogen-bond donors (Lipinski definition) is 1. The Hall–Kier alpha value is -1.13. The van der Waals surface area contributed by atoms with Crippen molar-refractivity contribution in [1.29, 1.82) is 0 Å². The first-order valence-corrected chi connectivity index (χ1v) is 7.77. The third-order valence-electron chi connectivity index (χ3n) is 3.13. The minimum atomic E-state index is 0.233. The molecule has 118 valence electrons. The Morgan fingerprint density at radius 3 is 2.27 bits per heavy atom. The molecule has 0 radical (unpaired) electrons. The molecule has 0 heterocycles. The maximum Gasteiger partial charge on any atom is 0.163 e. The molecule has 2 rings (SSSR count). The highest BCUT2D eigenvalue weighted by Gasteiger charge is 2.12. The van der Waals surface area contributed by atoms with Gasteiger partial charge in [-0.2, -0.15) is 0 Å². The van der Waals surface area contributed by atoms with Crippen molar-refractivity contribution in [2.45, 2.75) is 13.2 Å². The van der Waals surface area contributed by atoms with E-state index in [2.05, 4.69) is 5.32 Å². The molecule has 0 aliphatic carbocycles. The smallest absolute Gasteiger partial charge is 0.163 e. The quantitative estimate of drug-likeness (QED) is 0.790. The van der Waals surface area contributed by atoms with Gasteiger partial charge in [-0.15, -0.1) is 0 Å². The molecule has 6 heteroatoms. The van der Waals surface area contributed by atoms with E-state index in [9.17, 15) is 0 Å². The molecule has 0 atom stereocenters. The second-order valence-corrected chi connectivity index (χ2v) is 5.84. The van der Waals surface area contributed by atoms with Gasteiger partial charge >= 0.3 is 0 Å². The lowest BCUT2D eigenvalue weighted by Gasteiger charge is -2.15. The molecular weight excluding hydrogens is 345 g/mol. The van der Waals surface area contributed by atoms with E-state index in [1.807, 2.05) is 13.1 Å². The van der Waals surface area contributed by atoms with Crippen LogP contribution in [0.4, 0.5) is 0 Å². The van der Waals surface area contributed by atoms with Gasteiger partial charge in [0, 0.05) is 33.2 Å². The summed E-state index contributed by atoms with van der Waals surface area (Å²) in [7, 11) is 3.44. The fourth-order valence-corrected chi connectivity index (χ4v) is 2.72. The summed E-state index contributed by atoms with van der Waals surface area (Å²) in [5.74, 6) is 1.15. The zero-order chi connectivity index (χ0) is 16.1. The van der Waals surface area contributed by atoms with Gasteiger partial charge in [-0.05, 0) is 30.8 Å². The van der Waals surface area contributed by atoms with E-state index in [-0.39, 0.29) is 6.61 Å². The van der Waals surface area contributed by atoms with Crippen LogP contribution >= 0.6 is 34.8 Å². The van der Waals surface area contributed by atoms with Crippen LogP contribution in [0.3, 0.4) is 0 Å². The molecule has 0 aliphatic rings. The Morgan fingerprint density at radius 2 is 1.68 bits per heavy atom. The maximum atomic E-state index is 6.25. The monoisotopic (exact) mass is 359 g/mol. The van der Waals surface area contributed by atoms with Crippen LogP contribution < -0.4 is 14.8 Å². The maximum absolute atomic E-state index is 6.25. The van der Waals surface area contributed by atoms with Crippen molar-refractivity contribution in [3.63, 3.8) is 0 Å². The van der Waals surface area contributed by atoms with Gasteiger partial charge in [-0.1, -0.05) is 40.9 Å². The zero-order valence-electron chi connectivity index (χ0n) is 12.3. The van der Waals surface area contributed by atoms with Crippen molar-refractivity contribution in [1.82, 2.24) is 5.32 Å². The molecule has 0 spiro atoms. The number of benzene rings is 2. The van der Waals surface area contributed by atoms with Crippen molar-refractivity contribution in [2.75, 3.05) is 14.2 Å². The van der Waals surface area contributed by atoms with E-state index in [1.165, 1.54) is 0 Å². The van der Waals surface area contributed by atoms with E-state index in [0.29, 0.717) is 33.1 Å². The first-order valence-electron chi connectivity index (χ1n) is 6.63. The summed E-state index contributed by atoms with van der Waals surface area (Å²) in [6, 6.07) is 8.91. The Labute approximate surface area is 145 Å². The van der Waals surface area contributed by atoms with E-state index in [0.717, 1.165) is 11.1 Å². The molecule has 0 fully saturated rings. The molecule has 0 aromatic heterocycles. The van der Waals surface area contributed by atoms with Crippen molar-refractivity contribution < 1.29 is 9.47 Å². The van der Waals surface area contributed by atoms with Gasteiger partial charge in [0.2, 0.25) is 0 Å². The summed E-state index contributed by atoms with van der Waals surface area (Å²) >= 11 is 18.5. The first-order chi connectivity index (χ1) is 10.6. The van der Waals surface area contributed by atoms with Crippen molar-refractivity contribution in [2.24, 2.45) is 0 Å². The first kappa shape index (κ1) is 17.2. The highest BCUT2D eigenvalue weighted by atomic mass is 35.5. The van der Waals surface area contributed by atoms with Gasteiger partial charge < -0.3 is 14.8 Å². The molecule has 1 N–H and O–H groups in total. The number of hydrogen-bond acceptors (Lipinski definition) is 3. The average molecular weight is 361 g/mol. The van der Waals surface area contributed by atoms with Crippen molar-refractivity contribution in [3.05, 3.63) is 56.5 Å². The lowest BCUT2D eigenvalue weighted by atomic mass is 10.2. The normalized spacial score (nSPS) is 10.6. The predicted octanol–water partition coefficient (Wildman–Crippen LogP) is 4.95. The molecule has 3 nitrogen and oxygen atoms in total. The van der Waals surface area contributed by atoms with Crippen LogP contribution in [0.1, 0.15) is 11.1 Å². The Bertz CT molecular complexity index is 642. The van der Waals surface area contributed by atoms with Gasteiger partial charge in [-0.3, -0.25) is 0 Å². The molecule has 22 heavy (non-hydrogen) atoms. The number of ether oxygens (including phenoxy) is 2. The molecule has 0 saturated carbocycles. The van der Waals surface area contributed by atoms with E-state index < -0.39 is 0 Å².